The molecule has 0 aliphatic carbocycles. The van der Waals surface area contributed by atoms with Crippen molar-refractivity contribution in [1.29, 1.82) is 0 Å². The number of para-hydroxylation sites is 1. The Kier molecular flexibility index (Phi) is 2.57. The predicted octanol–water partition coefficient (Wildman–Crippen LogP) is 3.27. The number of rotatable bonds is 0. The molecule has 6 heteroatoms. The third-order valence-electron chi connectivity index (χ3n) is 2.36. The summed E-state index contributed by atoms with van der Waals surface area (Å²) in [5.74, 6) is 0. The maximum atomic E-state index is 12.8. The van der Waals surface area contributed by atoms with Crippen LogP contribution in [-0.4, -0.2) is 17.8 Å². The molecule has 0 atom stereocenters. The molecule has 0 amide bonds. The van der Waals surface area contributed by atoms with Gasteiger partial charge in [-0.15, -0.1) is 0 Å². The molecule has 0 fully saturated rings. The summed E-state index contributed by atoms with van der Waals surface area (Å²) in [5.41, 5.74) is -0.864. The predicted molar refractivity (Wildman–Crippen MR) is 54.7 cm³/mol. The van der Waals surface area contributed by atoms with Gasteiger partial charge in [-0.25, -0.2) is 9.36 Å². The summed E-state index contributed by atoms with van der Waals surface area (Å²) in [5, 5.41) is 0.338. The maximum absolute atomic E-state index is 12.8. The number of carbonyl (C=O) groups excluding carboxylic acids is 1. The lowest BCUT2D eigenvalue weighted by atomic mass is 10.2. The maximum Gasteiger partial charge on any atom is 0.432 e. The van der Waals surface area contributed by atoms with Crippen LogP contribution < -0.4 is 0 Å². The molecular weight excluding hydrogens is 235 g/mol. The molecule has 0 spiro atoms. The lowest BCUT2D eigenvalue weighted by molar-refractivity contribution is -0.142. The van der Waals surface area contributed by atoms with E-state index in [1.807, 2.05) is 0 Å². The molecule has 0 radical (unpaired) electrons. The van der Waals surface area contributed by atoms with Gasteiger partial charge in [-0.05, 0) is 12.1 Å². The van der Waals surface area contributed by atoms with Crippen molar-refractivity contribution < 1.29 is 22.7 Å². The summed E-state index contributed by atoms with van der Waals surface area (Å²) < 4.78 is 43.1. The topological polar surface area (TPSA) is 31.2 Å². The van der Waals surface area contributed by atoms with Crippen LogP contribution in [0.25, 0.3) is 10.9 Å². The minimum Gasteiger partial charge on any atom is -0.452 e. The number of alkyl halides is 3. The van der Waals surface area contributed by atoms with Gasteiger partial charge in [-0.1, -0.05) is 18.2 Å². The van der Waals surface area contributed by atoms with Crippen molar-refractivity contribution >= 4 is 17.0 Å². The van der Waals surface area contributed by atoms with E-state index in [0.717, 1.165) is 13.2 Å². The molecule has 0 saturated heterocycles. The van der Waals surface area contributed by atoms with Crippen LogP contribution in [-0.2, 0) is 10.9 Å². The van der Waals surface area contributed by atoms with E-state index in [1.165, 1.54) is 12.1 Å². The third-order valence-corrected chi connectivity index (χ3v) is 2.36. The quantitative estimate of drug-likeness (QED) is 0.711. The Morgan fingerprint density at radius 2 is 1.94 bits per heavy atom. The van der Waals surface area contributed by atoms with Crippen LogP contribution in [0.15, 0.2) is 30.3 Å². The number of hydrogen-bond donors (Lipinski definition) is 0. The molecule has 90 valence electrons. The fourth-order valence-electron chi connectivity index (χ4n) is 1.65. The number of nitrogens with zero attached hydrogens (tertiary/aromatic N) is 1. The van der Waals surface area contributed by atoms with Gasteiger partial charge in [-0.3, -0.25) is 0 Å². The summed E-state index contributed by atoms with van der Waals surface area (Å²) in [7, 11) is 1.04. The highest BCUT2D eigenvalue weighted by atomic mass is 19.4. The first-order valence-electron chi connectivity index (χ1n) is 4.71. The first-order chi connectivity index (χ1) is 7.95. The van der Waals surface area contributed by atoms with E-state index in [9.17, 15) is 18.0 Å². The first kappa shape index (κ1) is 11.5. The second kappa shape index (κ2) is 3.80. The SMILES string of the molecule is COC(=O)n1c(C(F)(F)F)cc2ccccc21. The van der Waals surface area contributed by atoms with Gasteiger partial charge >= 0.3 is 12.3 Å². The highest BCUT2D eigenvalue weighted by Gasteiger charge is 2.37. The standard InChI is InChI=1S/C11H8F3NO2/c1-17-10(16)15-8-5-3-2-4-7(8)6-9(15)11(12,13)14/h2-6H,1H3. The molecule has 0 aliphatic heterocycles. The van der Waals surface area contributed by atoms with E-state index in [0.29, 0.717) is 9.95 Å². The average Bonchev–Trinajstić information content (AvgIpc) is 2.67. The number of fused-ring (bicyclic) bond motifs is 1. The van der Waals surface area contributed by atoms with Gasteiger partial charge in [0.15, 0.2) is 0 Å². The fraction of sp³-hybridized carbons (Fsp3) is 0.182. The lowest BCUT2D eigenvalue weighted by Crippen LogP contribution is -2.20. The Bertz CT molecular complexity index is 572. The van der Waals surface area contributed by atoms with E-state index in [-0.39, 0.29) is 5.52 Å². The van der Waals surface area contributed by atoms with Crippen molar-refractivity contribution in [1.82, 2.24) is 4.57 Å². The van der Waals surface area contributed by atoms with Crippen LogP contribution in [0.1, 0.15) is 5.69 Å². The van der Waals surface area contributed by atoms with Crippen LogP contribution in [0.2, 0.25) is 0 Å². The molecular formula is C11H8F3NO2. The largest absolute Gasteiger partial charge is 0.452 e. The van der Waals surface area contributed by atoms with Gasteiger partial charge < -0.3 is 4.74 Å². The summed E-state index contributed by atoms with van der Waals surface area (Å²) in [6, 6.07) is 7.02. The van der Waals surface area contributed by atoms with E-state index in [2.05, 4.69) is 4.74 Å². The van der Waals surface area contributed by atoms with Crippen molar-refractivity contribution in [2.24, 2.45) is 0 Å². The number of benzene rings is 1. The number of ether oxygens (including phenoxy) is 1. The molecule has 0 bridgehead atoms. The molecule has 1 heterocycles. The van der Waals surface area contributed by atoms with Crippen molar-refractivity contribution in [2.75, 3.05) is 7.11 Å². The second-order valence-electron chi connectivity index (χ2n) is 3.39. The Hall–Kier alpha value is -1.98. The molecule has 0 N–H and O–H groups in total. The van der Waals surface area contributed by atoms with Crippen LogP contribution in [0.5, 0.6) is 0 Å². The van der Waals surface area contributed by atoms with E-state index in [4.69, 9.17) is 0 Å². The van der Waals surface area contributed by atoms with Gasteiger partial charge in [0.25, 0.3) is 0 Å². The highest BCUT2D eigenvalue weighted by molar-refractivity contribution is 5.91. The lowest BCUT2D eigenvalue weighted by Gasteiger charge is -2.10. The molecule has 2 rings (SSSR count). The fourth-order valence-corrected chi connectivity index (χ4v) is 1.65. The van der Waals surface area contributed by atoms with Crippen LogP contribution in [0.4, 0.5) is 18.0 Å². The average molecular weight is 243 g/mol. The van der Waals surface area contributed by atoms with Crippen molar-refractivity contribution in [3.63, 3.8) is 0 Å². The van der Waals surface area contributed by atoms with Crippen LogP contribution in [0.3, 0.4) is 0 Å². The van der Waals surface area contributed by atoms with Gasteiger partial charge in [0.05, 0.1) is 12.6 Å². The summed E-state index contributed by atoms with van der Waals surface area (Å²) in [6.45, 7) is 0. The zero-order valence-corrected chi connectivity index (χ0v) is 8.78. The summed E-state index contributed by atoms with van der Waals surface area (Å²) >= 11 is 0. The van der Waals surface area contributed by atoms with E-state index < -0.39 is 18.0 Å². The Morgan fingerprint density at radius 3 is 2.53 bits per heavy atom. The molecule has 2 aromatic rings. The zero-order chi connectivity index (χ0) is 12.6. The first-order valence-corrected chi connectivity index (χ1v) is 4.71. The van der Waals surface area contributed by atoms with E-state index in [1.54, 1.807) is 12.1 Å². The molecule has 3 nitrogen and oxygen atoms in total. The number of aromatic nitrogens is 1. The minimum absolute atomic E-state index is 0.173. The van der Waals surface area contributed by atoms with Gasteiger partial charge in [0.1, 0.15) is 5.69 Å². The van der Waals surface area contributed by atoms with Crippen molar-refractivity contribution in [3.05, 3.63) is 36.0 Å². The monoisotopic (exact) mass is 243 g/mol. The van der Waals surface area contributed by atoms with Crippen molar-refractivity contribution in [2.45, 2.75) is 6.18 Å². The number of halogens is 3. The number of methoxy groups -OCH3 is 1. The Morgan fingerprint density at radius 1 is 1.29 bits per heavy atom. The number of carbonyl (C=O) groups is 1. The molecule has 17 heavy (non-hydrogen) atoms. The van der Waals surface area contributed by atoms with Crippen LogP contribution >= 0.6 is 0 Å². The van der Waals surface area contributed by atoms with Crippen molar-refractivity contribution in [3.8, 4) is 0 Å². The zero-order valence-electron chi connectivity index (χ0n) is 8.78. The summed E-state index contributed by atoms with van der Waals surface area (Å²) in [4.78, 5) is 11.4. The molecule has 0 aliphatic rings. The van der Waals surface area contributed by atoms with E-state index >= 15 is 0 Å². The van der Waals surface area contributed by atoms with Gasteiger partial charge in [0, 0.05) is 5.39 Å². The Balaban J connectivity index is 2.79. The normalized spacial score (nSPS) is 11.8. The third kappa shape index (κ3) is 1.86. The molecule has 1 aromatic heterocycles. The highest BCUT2D eigenvalue weighted by Crippen LogP contribution is 2.33. The van der Waals surface area contributed by atoms with Gasteiger partial charge in [-0.2, -0.15) is 13.2 Å². The molecule has 0 saturated carbocycles. The van der Waals surface area contributed by atoms with Crippen LogP contribution in [0, 0.1) is 0 Å². The smallest absolute Gasteiger partial charge is 0.432 e. The second-order valence-corrected chi connectivity index (χ2v) is 3.39. The molecule has 0 unspecified atom stereocenters. The number of hydrogen-bond acceptors (Lipinski definition) is 2. The Labute approximate surface area is 94.4 Å². The van der Waals surface area contributed by atoms with Gasteiger partial charge in [0.2, 0.25) is 0 Å². The summed E-state index contributed by atoms with van der Waals surface area (Å²) in [6.07, 6.45) is -5.66. The minimum atomic E-state index is -4.60. The molecule has 1 aromatic carbocycles.